The average molecular weight is 351 g/mol. The van der Waals surface area contributed by atoms with Gasteiger partial charge in [-0.3, -0.25) is 19.1 Å². The molecule has 0 spiro atoms. The fourth-order valence-electron chi connectivity index (χ4n) is 3.89. The lowest BCUT2D eigenvalue weighted by Gasteiger charge is -2.30. The molecule has 6 heteroatoms. The maximum atomic E-state index is 13.2. The molecule has 0 N–H and O–H groups in total. The third-order valence-corrected chi connectivity index (χ3v) is 5.36. The second kappa shape index (κ2) is 6.12. The SMILES string of the molecule is Cc1c(-c2c(N3CCCCC3)c(=O)c2=O)c(=O)n(-c2ccccc2)n1C. The maximum absolute atomic E-state index is 13.2. The zero-order valence-corrected chi connectivity index (χ0v) is 15.0. The molecule has 0 saturated carbocycles. The van der Waals surface area contributed by atoms with E-state index < -0.39 is 10.9 Å². The molecule has 1 fully saturated rings. The zero-order valence-electron chi connectivity index (χ0n) is 15.0. The van der Waals surface area contributed by atoms with E-state index in [1.807, 2.05) is 42.2 Å². The van der Waals surface area contributed by atoms with Gasteiger partial charge in [0.25, 0.3) is 5.56 Å². The fourth-order valence-corrected chi connectivity index (χ4v) is 3.89. The Kier molecular flexibility index (Phi) is 3.90. The van der Waals surface area contributed by atoms with Crippen LogP contribution in [0.1, 0.15) is 25.0 Å². The van der Waals surface area contributed by atoms with E-state index in [2.05, 4.69) is 0 Å². The van der Waals surface area contributed by atoms with Crippen molar-refractivity contribution in [1.82, 2.24) is 9.36 Å². The molecule has 26 heavy (non-hydrogen) atoms. The number of benzene rings is 1. The van der Waals surface area contributed by atoms with Crippen molar-refractivity contribution < 1.29 is 0 Å². The van der Waals surface area contributed by atoms with Crippen molar-refractivity contribution in [3.05, 3.63) is 66.8 Å². The molecule has 3 aromatic rings. The van der Waals surface area contributed by atoms with Crippen molar-refractivity contribution in [2.45, 2.75) is 26.2 Å². The Balaban J connectivity index is 1.91. The van der Waals surface area contributed by atoms with Gasteiger partial charge in [-0.15, -0.1) is 0 Å². The summed E-state index contributed by atoms with van der Waals surface area (Å²) in [6, 6.07) is 9.30. The standard InChI is InChI=1S/C20H21N3O3/c1-13-15(20(26)23(21(13)2)14-9-5-3-6-10-14)16-17(19(25)18(16)24)22-11-7-4-8-12-22/h3,5-6,9-10H,4,7-8,11-12H2,1-2H3. The molecule has 1 aromatic heterocycles. The van der Waals surface area contributed by atoms with Crippen LogP contribution in [0.3, 0.4) is 0 Å². The van der Waals surface area contributed by atoms with E-state index in [0.717, 1.165) is 38.0 Å². The number of hydrogen-bond donors (Lipinski definition) is 0. The predicted molar refractivity (Wildman–Crippen MR) is 102 cm³/mol. The third-order valence-electron chi connectivity index (χ3n) is 5.36. The van der Waals surface area contributed by atoms with Crippen LogP contribution >= 0.6 is 0 Å². The molecule has 1 saturated heterocycles. The molecule has 0 radical (unpaired) electrons. The van der Waals surface area contributed by atoms with Crippen molar-refractivity contribution in [3.63, 3.8) is 0 Å². The Morgan fingerprint density at radius 2 is 1.50 bits per heavy atom. The first kappa shape index (κ1) is 16.6. The zero-order chi connectivity index (χ0) is 18.4. The lowest BCUT2D eigenvalue weighted by atomic mass is 9.96. The Bertz CT molecular complexity index is 1090. The van der Waals surface area contributed by atoms with E-state index in [1.165, 1.54) is 0 Å². The highest BCUT2D eigenvalue weighted by atomic mass is 16.2. The van der Waals surface area contributed by atoms with Gasteiger partial charge < -0.3 is 4.90 Å². The van der Waals surface area contributed by atoms with Gasteiger partial charge in [0.1, 0.15) is 5.69 Å². The van der Waals surface area contributed by atoms with Crippen LogP contribution in [0.2, 0.25) is 0 Å². The summed E-state index contributed by atoms with van der Waals surface area (Å²) in [4.78, 5) is 39.8. The van der Waals surface area contributed by atoms with Crippen molar-refractivity contribution >= 4 is 5.69 Å². The molecule has 2 aromatic carbocycles. The summed E-state index contributed by atoms with van der Waals surface area (Å²) in [6.07, 6.45) is 3.13. The van der Waals surface area contributed by atoms with Crippen LogP contribution in [-0.2, 0) is 7.05 Å². The van der Waals surface area contributed by atoms with Crippen LogP contribution in [0.5, 0.6) is 0 Å². The second-order valence-corrected chi connectivity index (χ2v) is 6.87. The summed E-state index contributed by atoms with van der Waals surface area (Å²) < 4.78 is 3.28. The first-order chi connectivity index (χ1) is 12.5. The van der Waals surface area contributed by atoms with E-state index in [9.17, 15) is 14.4 Å². The molecule has 0 amide bonds. The summed E-state index contributed by atoms with van der Waals surface area (Å²) in [6.45, 7) is 3.33. The van der Waals surface area contributed by atoms with Crippen molar-refractivity contribution in [1.29, 1.82) is 0 Å². The van der Waals surface area contributed by atoms with Crippen molar-refractivity contribution in [2.24, 2.45) is 7.05 Å². The molecule has 6 nitrogen and oxygen atoms in total. The van der Waals surface area contributed by atoms with E-state index >= 15 is 0 Å². The largest absolute Gasteiger partial charge is 0.368 e. The Morgan fingerprint density at radius 3 is 2.15 bits per heavy atom. The molecule has 1 aliphatic heterocycles. The number of rotatable bonds is 3. The number of para-hydroxylation sites is 1. The fraction of sp³-hybridized carbons (Fsp3) is 0.350. The van der Waals surface area contributed by atoms with Gasteiger partial charge in [-0.05, 0) is 38.3 Å². The van der Waals surface area contributed by atoms with Crippen molar-refractivity contribution in [2.75, 3.05) is 18.0 Å². The van der Waals surface area contributed by atoms with Crippen molar-refractivity contribution in [3.8, 4) is 16.8 Å². The third kappa shape index (κ3) is 2.29. The summed E-state index contributed by atoms with van der Waals surface area (Å²) in [5, 5.41) is 0. The average Bonchev–Trinajstić information content (AvgIpc) is 2.89. The summed E-state index contributed by atoms with van der Waals surface area (Å²) >= 11 is 0. The van der Waals surface area contributed by atoms with Crippen LogP contribution < -0.4 is 21.3 Å². The monoisotopic (exact) mass is 351 g/mol. The first-order valence-corrected chi connectivity index (χ1v) is 8.95. The molecule has 4 rings (SSSR count). The molecule has 2 heterocycles. The van der Waals surface area contributed by atoms with Gasteiger partial charge in [-0.2, -0.15) is 0 Å². The van der Waals surface area contributed by atoms with Crippen LogP contribution in [0.4, 0.5) is 5.69 Å². The highest BCUT2D eigenvalue weighted by Crippen LogP contribution is 2.29. The minimum absolute atomic E-state index is 0.262. The van der Waals surface area contributed by atoms with E-state index in [4.69, 9.17) is 0 Å². The highest BCUT2D eigenvalue weighted by Gasteiger charge is 2.32. The number of aromatic nitrogens is 2. The summed E-state index contributed by atoms with van der Waals surface area (Å²) in [5.41, 5.74) is 1.22. The van der Waals surface area contributed by atoms with Gasteiger partial charge in [0.05, 0.1) is 16.8 Å². The van der Waals surface area contributed by atoms with Crippen LogP contribution in [0.25, 0.3) is 16.8 Å². The minimum Gasteiger partial charge on any atom is -0.368 e. The summed E-state index contributed by atoms with van der Waals surface area (Å²) in [5.74, 6) is 0. The van der Waals surface area contributed by atoms with Crippen LogP contribution in [-0.4, -0.2) is 22.5 Å². The first-order valence-electron chi connectivity index (χ1n) is 8.95. The van der Waals surface area contributed by atoms with Gasteiger partial charge in [0, 0.05) is 25.8 Å². The molecule has 0 bridgehead atoms. The molecule has 134 valence electrons. The quantitative estimate of drug-likeness (QED) is 0.674. The second-order valence-electron chi connectivity index (χ2n) is 6.87. The predicted octanol–water partition coefficient (Wildman–Crippen LogP) is 1.74. The Hall–Kier alpha value is -2.89. The van der Waals surface area contributed by atoms with E-state index in [-0.39, 0.29) is 5.56 Å². The molecule has 0 aliphatic carbocycles. The van der Waals surface area contributed by atoms with E-state index in [1.54, 1.807) is 16.4 Å². The highest BCUT2D eigenvalue weighted by molar-refractivity contribution is 5.83. The van der Waals surface area contributed by atoms with Gasteiger partial charge in [-0.1, -0.05) is 18.2 Å². The minimum atomic E-state index is -0.545. The van der Waals surface area contributed by atoms with Gasteiger partial charge in [0.15, 0.2) is 0 Å². The number of hydrogen-bond acceptors (Lipinski definition) is 4. The number of nitrogens with zero attached hydrogens (tertiary/aromatic N) is 3. The summed E-state index contributed by atoms with van der Waals surface area (Å²) in [7, 11) is 1.79. The lowest BCUT2D eigenvalue weighted by molar-refractivity contribution is 0.576. The van der Waals surface area contributed by atoms with Gasteiger partial charge in [0.2, 0.25) is 10.9 Å². The Morgan fingerprint density at radius 1 is 0.846 bits per heavy atom. The molecule has 0 atom stereocenters. The Labute approximate surface area is 150 Å². The smallest absolute Gasteiger partial charge is 0.279 e. The van der Waals surface area contributed by atoms with E-state index in [0.29, 0.717) is 22.5 Å². The molecule has 1 aliphatic rings. The van der Waals surface area contributed by atoms with Crippen LogP contribution in [0.15, 0.2) is 44.7 Å². The lowest BCUT2D eigenvalue weighted by Crippen LogP contribution is -2.44. The molecule has 0 unspecified atom stereocenters. The molecular weight excluding hydrogens is 330 g/mol. The van der Waals surface area contributed by atoms with Gasteiger partial charge >= 0.3 is 0 Å². The number of piperidine rings is 1. The van der Waals surface area contributed by atoms with Crippen LogP contribution in [0, 0.1) is 6.92 Å². The normalized spacial score (nSPS) is 14.9. The van der Waals surface area contributed by atoms with Gasteiger partial charge in [-0.25, -0.2) is 4.68 Å². The topological polar surface area (TPSA) is 64.3 Å². The maximum Gasteiger partial charge on any atom is 0.279 e. The number of anilines is 1. The molecular formula is C20H21N3O3.